The van der Waals surface area contributed by atoms with Crippen LogP contribution in [0.4, 0.5) is 0 Å². The molecule has 1 aliphatic rings. The molecule has 0 saturated carbocycles. The molecule has 0 fully saturated rings. The molecule has 1 aliphatic heterocycles. The van der Waals surface area contributed by atoms with E-state index in [2.05, 4.69) is 36.2 Å². The van der Waals surface area contributed by atoms with Crippen molar-refractivity contribution in [3.05, 3.63) is 24.0 Å². The predicted molar refractivity (Wildman–Crippen MR) is 48.1 cm³/mol. The Morgan fingerprint density at radius 1 is 1.45 bits per heavy atom. The Bertz CT molecular complexity index is 166. The zero-order chi connectivity index (χ0) is 8.10. The molecule has 0 bridgehead atoms. The first-order valence-electron chi connectivity index (χ1n) is 4.23. The summed E-state index contributed by atoms with van der Waals surface area (Å²) in [5.74, 6) is 0. The van der Waals surface area contributed by atoms with Gasteiger partial charge in [-0.05, 0) is 32.2 Å². The Morgan fingerprint density at radius 2 is 2.18 bits per heavy atom. The standard InChI is InChI=1S/C9H16N2/c1-3-11(4-2)9-5-7-10-8-6-9/h5-7,10H,3-4,8H2,1-2H3. The molecule has 0 aromatic rings. The Balaban J connectivity index is 2.56. The highest BCUT2D eigenvalue weighted by Gasteiger charge is 2.02. The highest BCUT2D eigenvalue weighted by molar-refractivity contribution is 5.20. The molecule has 1 heterocycles. The minimum atomic E-state index is 0.961. The Hall–Kier alpha value is -0.920. The van der Waals surface area contributed by atoms with Gasteiger partial charge in [-0.1, -0.05) is 0 Å². The summed E-state index contributed by atoms with van der Waals surface area (Å²) in [6.45, 7) is 7.50. The quantitative estimate of drug-likeness (QED) is 0.656. The fourth-order valence-corrected chi connectivity index (χ4v) is 1.27. The van der Waals surface area contributed by atoms with Crippen LogP contribution in [0, 0.1) is 0 Å². The van der Waals surface area contributed by atoms with Crippen LogP contribution < -0.4 is 5.32 Å². The lowest BCUT2D eigenvalue weighted by Crippen LogP contribution is -2.24. The van der Waals surface area contributed by atoms with Gasteiger partial charge in [0.15, 0.2) is 0 Å². The fraction of sp³-hybridized carbons (Fsp3) is 0.556. The summed E-state index contributed by atoms with van der Waals surface area (Å²) < 4.78 is 0. The van der Waals surface area contributed by atoms with Gasteiger partial charge in [0.25, 0.3) is 0 Å². The second-order valence-electron chi connectivity index (χ2n) is 2.54. The normalized spacial score (nSPS) is 15.6. The first-order valence-corrected chi connectivity index (χ1v) is 4.23. The monoisotopic (exact) mass is 152 g/mol. The van der Waals surface area contributed by atoms with Crippen LogP contribution in [-0.2, 0) is 0 Å². The van der Waals surface area contributed by atoms with Gasteiger partial charge in [-0.3, -0.25) is 0 Å². The molecule has 0 unspecified atom stereocenters. The third-order valence-electron chi connectivity index (χ3n) is 1.93. The van der Waals surface area contributed by atoms with E-state index in [0.717, 1.165) is 19.6 Å². The van der Waals surface area contributed by atoms with Crippen molar-refractivity contribution < 1.29 is 0 Å². The van der Waals surface area contributed by atoms with Crippen molar-refractivity contribution in [3.63, 3.8) is 0 Å². The fourth-order valence-electron chi connectivity index (χ4n) is 1.27. The summed E-state index contributed by atoms with van der Waals surface area (Å²) in [4.78, 5) is 2.34. The van der Waals surface area contributed by atoms with E-state index in [1.165, 1.54) is 5.70 Å². The van der Waals surface area contributed by atoms with Crippen LogP contribution >= 0.6 is 0 Å². The van der Waals surface area contributed by atoms with Crippen LogP contribution in [0.2, 0.25) is 0 Å². The maximum absolute atomic E-state index is 3.13. The number of rotatable bonds is 3. The molecule has 1 N–H and O–H groups in total. The number of dihydropyridines is 1. The zero-order valence-corrected chi connectivity index (χ0v) is 7.30. The largest absolute Gasteiger partial charge is 0.387 e. The summed E-state index contributed by atoms with van der Waals surface area (Å²) >= 11 is 0. The summed E-state index contributed by atoms with van der Waals surface area (Å²) in [6, 6.07) is 0. The van der Waals surface area contributed by atoms with Crippen molar-refractivity contribution in [1.29, 1.82) is 0 Å². The zero-order valence-electron chi connectivity index (χ0n) is 7.30. The average Bonchev–Trinajstić information content (AvgIpc) is 2.09. The topological polar surface area (TPSA) is 15.3 Å². The maximum atomic E-state index is 3.13. The van der Waals surface area contributed by atoms with E-state index in [1.807, 2.05) is 6.20 Å². The summed E-state index contributed by atoms with van der Waals surface area (Å²) in [6.07, 6.45) is 6.34. The molecular weight excluding hydrogens is 136 g/mol. The molecule has 1 rings (SSSR count). The van der Waals surface area contributed by atoms with E-state index in [9.17, 15) is 0 Å². The van der Waals surface area contributed by atoms with Crippen molar-refractivity contribution in [1.82, 2.24) is 10.2 Å². The van der Waals surface area contributed by atoms with Crippen molar-refractivity contribution >= 4 is 0 Å². The Morgan fingerprint density at radius 3 is 2.64 bits per heavy atom. The van der Waals surface area contributed by atoms with Gasteiger partial charge in [-0.25, -0.2) is 0 Å². The number of likely N-dealkylation sites (N-methyl/N-ethyl adjacent to an activating group) is 1. The molecule has 0 saturated heterocycles. The number of nitrogens with zero attached hydrogens (tertiary/aromatic N) is 1. The Labute approximate surface area is 68.6 Å². The summed E-state index contributed by atoms with van der Waals surface area (Å²) in [5, 5.41) is 3.13. The van der Waals surface area contributed by atoms with Crippen LogP contribution in [0.3, 0.4) is 0 Å². The predicted octanol–water partition coefficient (Wildman–Crippen LogP) is 1.33. The van der Waals surface area contributed by atoms with Gasteiger partial charge in [0.05, 0.1) is 0 Å². The van der Waals surface area contributed by atoms with Gasteiger partial charge in [-0.15, -0.1) is 0 Å². The second kappa shape index (κ2) is 4.06. The van der Waals surface area contributed by atoms with Crippen molar-refractivity contribution in [2.45, 2.75) is 13.8 Å². The molecule has 0 atom stereocenters. The molecule has 11 heavy (non-hydrogen) atoms. The summed E-state index contributed by atoms with van der Waals surface area (Å²) in [5.41, 5.74) is 1.34. The van der Waals surface area contributed by atoms with Crippen molar-refractivity contribution in [2.75, 3.05) is 19.6 Å². The summed E-state index contributed by atoms with van der Waals surface area (Å²) in [7, 11) is 0. The minimum Gasteiger partial charge on any atom is -0.387 e. The van der Waals surface area contributed by atoms with E-state index in [-0.39, 0.29) is 0 Å². The molecule has 2 heteroatoms. The number of hydrogen-bond acceptors (Lipinski definition) is 2. The van der Waals surface area contributed by atoms with Crippen LogP contribution in [0.15, 0.2) is 24.0 Å². The van der Waals surface area contributed by atoms with Gasteiger partial charge in [0.2, 0.25) is 0 Å². The van der Waals surface area contributed by atoms with Crippen LogP contribution in [0.25, 0.3) is 0 Å². The molecule has 0 spiro atoms. The first kappa shape index (κ1) is 8.18. The van der Waals surface area contributed by atoms with Gasteiger partial charge in [0, 0.05) is 25.3 Å². The minimum absolute atomic E-state index is 0.961. The molecule has 0 amide bonds. The van der Waals surface area contributed by atoms with Crippen LogP contribution in [0.1, 0.15) is 13.8 Å². The van der Waals surface area contributed by atoms with Crippen LogP contribution in [0.5, 0.6) is 0 Å². The highest BCUT2D eigenvalue weighted by Crippen LogP contribution is 2.06. The second-order valence-corrected chi connectivity index (χ2v) is 2.54. The smallest absolute Gasteiger partial charge is 0.0357 e. The van der Waals surface area contributed by atoms with E-state index in [4.69, 9.17) is 0 Å². The third kappa shape index (κ3) is 2.00. The molecule has 0 aliphatic carbocycles. The number of allylic oxidation sites excluding steroid dienone is 1. The lowest BCUT2D eigenvalue weighted by atomic mass is 10.3. The number of hydrogen-bond donors (Lipinski definition) is 1. The first-order chi connectivity index (χ1) is 5.38. The van der Waals surface area contributed by atoms with Gasteiger partial charge in [-0.2, -0.15) is 0 Å². The number of nitrogens with one attached hydrogen (secondary N) is 1. The third-order valence-corrected chi connectivity index (χ3v) is 1.93. The lowest BCUT2D eigenvalue weighted by molar-refractivity contribution is 0.391. The maximum Gasteiger partial charge on any atom is 0.0357 e. The van der Waals surface area contributed by atoms with E-state index < -0.39 is 0 Å². The Kier molecular flexibility index (Phi) is 3.02. The molecule has 0 aromatic carbocycles. The molecular formula is C9H16N2. The van der Waals surface area contributed by atoms with Crippen LogP contribution in [-0.4, -0.2) is 24.5 Å². The molecule has 0 radical (unpaired) electrons. The highest BCUT2D eigenvalue weighted by atomic mass is 15.1. The van der Waals surface area contributed by atoms with Gasteiger partial charge in [0.1, 0.15) is 0 Å². The van der Waals surface area contributed by atoms with E-state index >= 15 is 0 Å². The molecule has 2 nitrogen and oxygen atoms in total. The van der Waals surface area contributed by atoms with Crippen molar-refractivity contribution in [2.24, 2.45) is 0 Å². The van der Waals surface area contributed by atoms with Crippen molar-refractivity contribution in [3.8, 4) is 0 Å². The van der Waals surface area contributed by atoms with Gasteiger partial charge >= 0.3 is 0 Å². The van der Waals surface area contributed by atoms with E-state index in [1.54, 1.807) is 0 Å². The molecule has 62 valence electrons. The average molecular weight is 152 g/mol. The van der Waals surface area contributed by atoms with Gasteiger partial charge < -0.3 is 10.2 Å². The van der Waals surface area contributed by atoms with E-state index in [0.29, 0.717) is 0 Å². The molecule has 0 aromatic heterocycles. The lowest BCUT2D eigenvalue weighted by Gasteiger charge is -2.23. The SMILES string of the molecule is CCN(CC)C1=CCNC=C1.